The highest BCUT2D eigenvalue weighted by molar-refractivity contribution is 7.21. The van der Waals surface area contributed by atoms with Crippen LogP contribution in [0.15, 0.2) is 61.2 Å². The Balaban J connectivity index is 1.14. The number of nitrogens with one attached hydrogen (secondary N) is 1. The summed E-state index contributed by atoms with van der Waals surface area (Å²) in [6.07, 6.45) is 1.28. The molecule has 1 aliphatic heterocycles. The van der Waals surface area contributed by atoms with Crippen LogP contribution in [-0.2, 0) is 4.74 Å². The lowest BCUT2D eigenvalue weighted by Crippen LogP contribution is -2.31. The highest BCUT2D eigenvalue weighted by atomic mass is 32.1. The fourth-order valence-electron chi connectivity index (χ4n) is 4.49. The van der Waals surface area contributed by atoms with E-state index in [1.165, 1.54) is 46.8 Å². The first-order chi connectivity index (χ1) is 19.3. The highest BCUT2D eigenvalue weighted by Crippen LogP contribution is 2.38. The molecule has 204 valence electrons. The number of aromatic hydroxyl groups is 2. The van der Waals surface area contributed by atoms with Crippen LogP contribution in [0.1, 0.15) is 16.6 Å². The average molecular weight is 562 g/mol. The van der Waals surface area contributed by atoms with Gasteiger partial charge in [0, 0.05) is 12.1 Å². The first kappa shape index (κ1) is 25.6. The number of para-hydroxylation sites is 1. The van der Waals surface area contributed by atoms with Gasteiger partial charge in [-0.25, -0.2) is 19.9 Å². The number of anilines is 1. The van der Waals surface area contributed by atoms with Crippen molar-refractivity contribution in [3.63, 3.8) is 0 Å². The van der Waals surface area contributed by atoms with Gasteiger partial charge in [-0.05, 0) is 24.3 Å². The maximum absolute atomic E-state index is 12.9. The molecule has 1 fully saturated rings. The number of phenols is 2. The number of fused-ring (bicyclic) bond motifs is 2. The van der Waals surface area contributed by atoms with Gasteiger partial charge in [0.2, 0.25) is 0 Å². The second-order valence-corrected chi connectivity index (χ2v) is 10.1. The zero-order valence-electron chi connectivity index (χ0n) is 20.6. The Kier molecular flexibility index (Phi) is 6.51. The van der Waals surface area contributed by atoms with E-state index in [4.69, 9.17) is 10.5 Å². The Labute approximate surface area is 229 Å². The van der Waals surface area contributed by atoms with E-state index >= 15 is 0 Å². The molecule has 40 heavy (non-hydrogen) atoms. The number of benzene rings is 2. The summed E-state index contributed by atoms with van der Waals surface area (Å²) in [5.41, 5.74) is 7.66. The van der Waals surface area contributed by atoms with Crippen LogP contribution in [0.25, 0.3) is 32.0 Å². The third-order valence-corrected chi connectivity index (χ3v) is 7.60. The number of carbonyl (C=O) groups is 1. The third kappa shape index (κ3) is 4.48. The van der Waals surface area contributed by atoms with Crippen molar-refractivity contribution >= 4 is 44.4 Å². The van der Waals surface area contributed by atoms with Crippen LogP contribution < -0.4 is 11.1 Å². The Bertz CT molecular complexity index is 1740. The van der Waals surface area contributed by atoms with Crippen molar-refractivity contribution in [1.29, 1.82) is 0 Å². The zero-order valence-corrected chi connectivity index (χ0v) is 21.4. The number of ether oxygens (including phenoxy) is 1. The Hall–Kier alpha value is -4.63. The number of thiazole rings is 1. The Morgan fingerprint density at radius 1 is 1.15 bits per heavy atom. The number of rotatable bonds is 6. The molecule has 0 bridgehead atoms. The van der Waals surface area contributed by atoms with Crippen LogP contribution in [0.3, 0.4) is 0 Å². The number of nitrogen functional groups attached to an aromatic ring is 1. The van der Waals surface area contributed by atoms with E-state index in [1.54, 1.807) is 6.08 Å². The molecule has 0 saturated carbocycles. The summed E-state index contributed by atoms with van der Waals surface area (Å²) in [6.45, 7) is 0.00943. The monoisotopic (exact) mass is 561 g/mol. The minimum atomic E-state index is -1.29. The minimum absolute atomic E-state index is 0.00943. The number of aromatic nitrogens is 5. The summed E-state index contributed by atoms with van der Waals surface area (Å²) in [4.78, 5) is 29.6. The van der Waals surface area contributed by atoms with E-state index in [9.17, 15) is 25.2 Å². The van der Waals surface area contributed by atoms with E-state index in [0.717, 1.165) is 10.2 Å². The lowest BCUT2D eigenvalue weighted by molar-refractivity contribution is -0.0245. The number of imidazole rings is 1. The van der Waals surface area contributed by atoms with Crippen LogP contribution in [0.4, 0.5) is 5.82 Å². The van der Waals surface area contributed by atoms with Gasteiger partial charge in [-0.3, -0.25) is 9.36 Å². The first-order valence-corrected chi connectivity index (χ1v) is 12.9. The summed E-state index contributed by atoms with van der Waals surface area (Å²) in [6, 6.07) is 10.4. The molecule has 14 heteroatoms. The maximum atomic E-state index is 12.9. The lowest BCUT2D eigenvalue weighted by atomic mass is 10.1. The molecule has 1 amide bonds. The van der Waals surface area contributed by atoms with Gasteiger partial charge < -0.3 is 36.2 Å². The van der Waals surface area contributed by atoms with Gasteiger partial charge in [0.1, 0.15) is 35.2 Å². The van der Waals surface area contributed by atoms with Gasteiger partial charge >= 0.3 is 0 Å². The smallest absolute Gasteiger partial charge is 0.255 e. The maximum Gasteiger partial charge on any atom is 0.255 e. The lowest BCUT2D eigenvalue weighted by Gasteiger charge is -2.16. The van der Waals surface area contributed by atoms with E-state index in [1.807, 2.05) is 24.3 Å². The zero-order chi connectivity index (χ0) is 28.0. The predicted molar refractivity (Wildman–Crippen MR) is 146 cm³/mol. The molecule has 1 saturated heterocycles. The van der Waals surface area contributed by atoms with Crippen molar-refractivity contribution in [1.82, 2.24) is 29.8 Å². The number of phenolic OH excluding ortho intramolecular Hbond substituents is 2. The van der Waals surface area contributed by atoms with Gasteiger partial charge in [0.05, 0.1) is 22.1 Å². The molecule has 0 spiro atoms. The van der Waals surface area contributed by atoms with Crippen molar-refractivity contribution in [2.75, 3.05) is 12.3 Å². The van der Waals surface area contributed by atoms with Crippen molar-refractivity contribution in [3.8, 4) is 22.1 Å². The second kappa shape index (κ2) is 10.2. The van der Waals surface area contributed by atoms with E-state index in [2.05, 4.69) is 25.3 Å². The van der Waals surface area contributed by atoms with Gasteiger partial charge in [-0.1, -0.05) is 24.3 Å². The molecule has 2 aromatic carbocycles. The molecule has 5 aromatic rings. The summed E-state index contributed by atoms with van der Waals surface area (Å²) in [5, 5.41) is 44.9. The standard InChI is InChI=1S/C26H23N7O6S/c27-22-18-23(30-10-29-22)33(11-31-18)26-21(37)20(36)16(39-26)5-3-7-28-24(38)13-8-12(9-15(34)19(13)35)25-32-14-4-1-2-6-17(14)40-25/h1-6,8-11,16,20-21,26,34-37H,7H2,(H,28,38)(H2,27,29,30)/t16-,20+,21?,26-/m1/s1. The van der Waals surface area contributed by atoms with E-state index in [0.29, 0.717) is 21.7 Å². The summed E-state index contributed by atoms with van der Waals surface area (Å²) < 4.78 is 8.25. The molecule has 7 N–H and O–H groups in total. The Morgan fingerprint density at radius 3 is 2.80 bits per heavy atom. The SMILES string of the molecule is Nc1ncnc2c1ncn2[C@@H]1O[C@H](C=CCNC(=O)c2cc(-c3nc4ccccc4s3)cc(O)c2O)[C@H](O)C1O. The van der Waals surface area contributed by atoms with Crippen molar-refractivity contribution < 1.29 is 30.0 Å². The second-order valence-electron chi connectivity index (χ2n) is 9.07. The molecule has 3 aromatic heterocycles. The van der Waals surface area contributed by atoms with Crippen molar-refractivity contribution in [2.24, 2.45) is 0 Å². The van der Waals surface area contributed by atoms with Crippen molar-refractivity contribution in [2.45, 2.75) is 24.5 Å². The quantitative estimate of drug-likeness (QED) is 0.130. The topological polar surface area (TPSA) is 202 Å². The Morgan fingerprint density at radius 2 is 1.98 bits per heavy atom. The molecule has 1 unspecified atom stereocenters. The number of nitrogens with two attached hydrogens (primary N) is 1. The summed E-state index contributed by atoms with van der Waals surface area (Å²) in [7, 11) is 0. The fourth-order valence-corrected chi connectivity index (χ4v) is 5.44. The molecule has 4 heterocycles. The highest BCUT2D eigenvalue weighted by Gasteiger charge is 2.43. The minimum Gasteiger partial charge on any atom is -0.504 e. The van der Waals surface area contributed by atoms with Crippen LogP contribution in [0, 0.1) is 0 Å². The third-order valence-electron chi connectivity index (χ3n) is 6.52. The number of carbonyl (C=O) groups excluding carboxylic acids is 1. The number of nitrogens with zero attached hydrogens (tertiary/aromatic N) is 5. The van der Waals surface area contributed by atoms with Crippen LogP contribution in [0.5, 0.6) is 11.5 Å². The molecule has 4 atom stereocenters. The largest absolute Gasteiger partial charge is 0.504 e. The number of aliphatic hydroxyl groups excluding tert-OH is 2. The first-order valence-electron chi connectivity index (χ1n) is 12.1. The predicted octanol–water partition coefficient (Wildman–Crippen LogP) is 1.70. The normalized spacial score (nSPS) is 21.1. The number of aliphatic hydroxyl groups is 2. The number of hydrogen-bond donors (Lipinski definition) is 6. The van der Waals surface area contributed by atoms with E-state index in [-0.39, 0.29) is 17.9 Å². The van der Waals surface area contributed by atoms with Gasteiger partial charge in [-0.15, -0.1) is 11.3 Å². The van der Waals surface area contributed by atoms with Crippen LogP contribution >= 0.6 is 11.3 Å². The molecule has 13 nitrogen and oxygen atoms in total. The number of amides is 1. The number of hydrogen-bond acceptors (Lipinski definition) is 12. The molecular formula is C26H23N7O6S. The summed E-state index contributed by atoms with van der Waals surface area (Å²) >= 11 is 1.40. The molecule has 1 aliphatic rings. The van der Waals surface area contributed by atoms with E-state index < -0.39 is 41.9 Å². The van der Waals surface area contributed by atoms with Gasteiger partial charge in [-0.2, -0.15) is 0 Å². The molecule has 0 radical (unpaired) electrons. The molecule has 6 rings (SSSR count). The molecule has 0 aliphatic carbocycles. The van der Waals surface area contributed by atoms with Crippen LogP contribution in [-0.4, -0.2) is 75.7 Å². The van der Waals surface area contributed by atoms with Crippen molar-refractivity contribution in [3.05, 3.63) is 66.8 Å². The van der Waals surface area contributed by atoms with Crippen LogP contribution in [0.2, 0.25) is 0 Å². The summed E-state index contributed by atoms with van der Waals surface area (Å²) in [5.74, 6) is -1.45. The fraction of sp³-hybridized carbons (Fsp3) is 0.192. The average Bonchev–Trinajstić information content (AvgIpc) is 3.65. The molecular weight excluding hydrogens is 538 g/mol. The van der Waals surface area contributed by atoms with Gasteiger partial charge in [0.25, 0.3) is 5.91 Å². The van der Waals surface area contributed by atoms with Gasteiger partial charge in [0.15, 0.2) is 29.2 Å².